The Morgan fingerprint density at radius 3 is 2.65 bits per heavy atom. The molecule has 108 valence electrons. The Morgan fingerprint density at radius 2 is 1.95 bits per heavy atom. The van der Waals surface area contributed by atoms with E-state index in [9.17, 15) is 8.42 Å². The summed E-state index contributed by atoms with van der Waals surface area (Å²) in [4.78, 5) is 4.02. The van der Waals surface area contributed by atoms with Crippen molar-refractivity contribution >= 4 is 19.7 Å². The van der Waals surface area contributed by atoms with Gasteiger partial charge in [0.2, 0.25) is 9.05 Å². The smallest absolute Gasteiger partial charge is 0.335 e. The molecule has 0 radical (unpaired) electrons. The number of rotatable bonds is 7. The summed E-state index contributed by atoms with van der Waals surface area (Å²) >= 11 is 0. The van der Waals surface area contributed by atoms with Crippen LogP contribution in [0.4, 0.5) is 0 Å². The minimum Gasteiger partial charge on any atom is -0.462 e. The Hall–Kier alpha value is -1.60. The minimum absolute atomic E-state index is 0.0518. The van der Waals surface area contributed by atoms with Gasteiger partial charge in [-0.2, -0.15) is 4.98 Å². The number of para-hydroxylation sites is 1. The summed E-state index contributed by atoms with van der Waals surface area (Å²) in [6.45, 7) is 0.352. The molecular formula is C12H14ClN3O3S. The number of unbranched alkanes of at least 4 members (excludes halogenated alkanes) is 1. The third kappa shape index (κ3) is 4.82. The molecule has 0 aliphatic rings. The summed E-state index contributed by atoms with van der Waals surface area (Å²) in [5.41, 5.74) is 0.892. The highest BCUT2D eigenvalue weighted by molar-refractivity contribution is 8.13. The zero-order valence-electron chi connectivity index (χ0n) is 10.6. The second-order valence-electron chi connectivity index (χ2n) is 4.11. The summed E-state index contributed by atoms with van der Waals surface area (Å²) < 4.78 is 28.4. The molecule has 0 saturated heterocycles. The van der Waals surface area contributed by atoms with Crippen LogP contribution in [-0.2, 0) is 9.05 Å². The first-order chi connectivity index (χ1) is 9.54. The van der Waals surface area contributed by atoms with Crippen molar-refractivity contribution in [2.75, 3.05) is 12.4 Å². The summed E-state index contributed by atoms with van der Waals surface area (Å²) in [5, 5.41) is 4.17. The van der Waals surface area contributed by atoms with Crippen molar-refractivity contribution in [2.24, 2.45) is 0 Å². The van der Waals surface area contributed by atoms with Crippen LogP contribution in [0.3, 0.4) is 0 Å². The van der Waals surface area contributed by atoms with Crippen LogP contribution >= 0.6 is 10.7 Å². The highest BCUT2D eigenvalue weighted by Crippen LogP contribution is 2.09. The lowest BCUT2D eigenvalue weighted by atomic mass is 10.3. The van der Waals surface area contributed by atoms with Gasteiger partial charge in [0.1, 0.15) is 6.33 Å². The van der Waals surface area contributed by atoms with E-state index in [1.165, 1.54) is 0 Å². The van der Waals surface area contributed by atoms with E-state index in [0.29, 0.717) is 19.4 Å². The summed E-state index contributed by atoms with van der Waals surface area (Å²) in [5.74, 6) is -0.0518. The van der Waals surface area contributed by atoms with Crippen LogP contribution in [0.2, 0.25) is 0 Å². The zero-order valence-corrected chi connectivity index (χ0v) is 12.2. The molecule has 2 aromatic rings. The average molecular weight is 316 g/mol. The molecule has 0 fully saturated rings. The molecule has 0 N–H and O–H groups in total. The maximum Gasteiger partial charge on any atom is 0.335 e. The average Bonchev–Trinajstić information content (AvgIpc) is 2.87. The van der Waals surface area contributed by atoms with Gasteiger partial charge >= 0.3 is 6.01 Å². The van der Waals surface area contributed by atoms with E-state index < -0.39 is 9.05 Å². The van der Waals surface area contributed by atoms with E-state index in [2.05, 4.69) is 10.1 Å². The maximum atomic E-state index is 10.7. The van der Waals surface area contributed by atoms with Crippen LogP contribution in [0.25, 0.3) is 5.69 Å². The van der Waals surface area contributed by atoms with Crippen LogP contribution in [-0.4, -0.2) is 35.5 Å². The molecule has 0 unspecified atom stereocenters. The molecule has 0 aliphatic carbocycles. The van der Waals surface area contributed by atoms with Gasteiger partial charge in [0.15, 0.2) is 0 Å². The van der Waals surface area contributed by atoms with Gasteiger partial charge in [0.25, 0.3) is 0 Å². The van der Waals surface area contributed by atoms with Gasteiger partial charge in [0.05, 0.1) is 18.0 Å². The molecule has 1 heterocycles. The Balaban J connectivity index is 1.79. The number of ether oxygens (including phenoxy) is 1. The van der Waals surface area contributed by atoms with Gasteiger partial charge < -0.3 is 4.74 Å². The molecule has 0 bridgehead atoms. The van der Waals surface area contributed by atoms with Crippen molar-refractivity contribution in [2.45, 2.75) is 12.8 Å². The number of halogens is 1. The van der Waals surface area contributed by atoms with E-state index in [4.69, 9.17) is 15.4 Å². The van der Waals surface area contributed by atoms with Crippen LogP contribution < -0.4 is 4.74 Å². The number of benzene rings is 1. The highest BCUT2D eigenvalue weighted by atomic mass is 35.7. The second kappa shape index (κ2) is 6.71. The van der Waals surface area contributed by atoms with Gasteiger partial charge in [0, 0.05) is 10.7 Å². The Kier molecular flexibility index (Phi) is 4.97. The number of nitrogens with zero attached hydrogens (tertiary/aromatic N) is 3. The van der Waals surface area contributed by atoms with E-state index in [1.54, 1.807) is 11.0 Å². The molecule has 0 amide bonds. The van der Waals surface area contributed by atoms with E-state index in [1.807, 2.05) is 30.3 Å². The van der Waals surface area contributed by atoms with Gasteiger partial charge in [-0.15, -0.1) is 5.10 Å². The summed E-state index contributed by atoms with van der Waals surface area (Å²) in [6, 6.07) is 9.81. The SMILES string of the molecule is O=S(=O)(Cl)CCCCOc1ncn(-c2ccccc2)n1. The molecule has 0 saturated carbocycles. The monoisotopic (exact) mass is 315 g/mol. The number of aromatic nitrogens is 3. The molecule has 1 aromatic carbocycles. The minimum atomic E-state index is -3.42. The molecule has 0 spiro atoms. The first-order valence-electron chi connectivity index (χ1n) is 6.07. The zero-order chi connectivity index (χ0) is 14.4. The second-order valence-corrected chi connectivity index (χ2v) is 7.00. The van der Waals surface area contributed by atoms with Crippen molar-refractivity contribution in [1.29, 1.82) is 0 Å². The first kappa shape index (κ1) is 14.8. The fourth-order valence-electron chi connectivity index (χ4n) is 1.56. The molecule has 6 nitrogen and oxygen atoms in total. The van der Waals surface area contributed by atoms with Crippen molar-refractivity contribution < 1.29 is 13.2 Å². The lowest BCUT2D eigenvalue weighted by Gasteiger charge is -2.01. The predicted molar refractivity (Wildman–Crippen MR) is 75.7 cm³/mol. The van der Waals surface area contributed by atoms with Gasteiger partial charge in [-0.1, -0.05) is 18.2 Å². The third-order valence-corrected chi connectivity index (χ3v) is 3.74. The molecule has 20 heavy (non-hydrogen) atoms. The molecule has 8 heteroatoms. The van der Waals surface area contributed by atoms with Crippen molar-refractivity contribution in [1.82, 2.24) is 14.8 Å². The molecule has 1 aromatic heterocycles. The Bertz CT molecular complexity index is 643. The van der Waals surface area contributed by atoms with Crippen molar-refractivity contribution in [3.05, 3.63) is 36.7 Å². The van der Waals surface area contributed by atoms with Crippen LogP contribution in [0, 0.1) is 0 Å². The summed E-state index contributed by atoms with van der Waals surface area (Å²) in [7, 11) is 1.68. The summed E-state index contributed by atoms with van der Waals surface area (Å²) in [6.07, 6.45) is 2.59. The topological polar surface area (TPSA) is 74.1 Å². The number of hydrogen-bond acceptors (Lipinski definition) is 5. The highest BCUT2D eigenvalue weighted by Gasteiger charge is 2.06. The van der Waals surface area contributed by atoms with E-state index >= 15 is 0 Å². The third-order valence-electron chi connectivity index (χ3n) is 2.51. The molecule has 0 aliphatic heterocycles. The fraction of sp³-hybridized carbons (Fsp3) is 0.333. The quantitative estimate of drug-likeness (QED) is 0.577. The van der Waals surface area contributed by atoms with Gasteiger partial charge in [-0.05, 0) is 25.0 Å². The van der Waals surface area contributed by atoms with Crippen molar-refractivity contribution in [3.63, 3.8) is 0 Å². The normalized spacial score (nSPS) is 11.4. The Labute approximate surface area is 121 Å². The van der Waals surface area contributed by atoms with Crippen molar-refractivity contribution in [3.8, 4) is 11.7 Å². The van der Waals surface area contributed by atoms with E-state index in [-0.39, 0.29) is 11.8 Å². The lowest BCUT2D eigenvalue weighted by molar-refractivity contribution is 0.285. The standard InChI is InChI=1S/C12H14ClN3O3S/c13-20(17,18)9-5-4-8-19-12-14-10-16(15-12)11-6-2-1-3-7-11/h1-3,6-7,10H,4-5,8-9H2. The number of hydrogen-bond donors (Lipinski definition) is 0. The molecular weight excluding hydrogens is 302 g/mol. The van der Waals surface area contributed by atoms with E-state index in [0.717, 1.165) is 5.69 Å². The fourth-order valence-corrected chi connectivity index (χ4v) is 2.44. The lowest BCUT2D eigenvalue weighted by Crippen LogP contribution is -2.03. The maximum absolute atomic E-state index is 10.7. The predicted octanol–water partition coefficient (Wildman–Crippen LogP) is 1.99. The first-order valence-corrected chi connectivity index (χ1v) is 8.55. The largest absolute Gasteiger partial charge is 0.462 e. The van der Waals surface area contributed by atoms with Gasteiger partial charge in [-0.25, -0.2) is 13.1 Å². The van der Waals surface area contributed by atoms with Gasteiger partial charge in [-0.3, -0.25) is 0 Å². The Morgan fingerprint density at radius 1 is 1.20 bits per heavy atom. The van der Waals surface area contributed by atoms with Crippen LogP contribution in [0.15, 0.2) is 36.7 Å². The van der Waals surface area contributed by atoms with Crippen LogP contribution in [0.5, 0.6) is 6.01 Å². The molecule has 2 rings (SSSR count). The molecule has 0 atom stereocenters. The van der Waals surface area contributed by atoms with Crippen LogP contribution in [0.1, 0.15) is 12.8 Å².